The number of carboxylic acid groups (broad SMARTS) is 2. The molecule has 0 amide bonds. The molecule has 0 saturated carbocycles. The lowest BCUT2D eigenvalue weighted by Gasteiger charge is -2.33. The number of rotatable bonds is 2. The standard InChI is InChI=1S/C8H10O4/c1-3-4(2)6(8(11)12)5(3)7(9)10/h5-6H,1-2H3,(H,9,10)(H,11,12)/t5-,6-/m1/s1. The maximum absolute atomic E-state index is 10.6. The predicted molar refractivity (Wildman–Crippen MR) is 40.6 cm³/mol. The normalized spacial score (nSPS) is 28.2. The summed E-state index contributed by atoms with van der Waals surface area (Å²) in [6.07, 6.45) is 0. The Morgan fingerprint density at radius 2 is 1.25 bits per heavy atom. The summed E-state index contributed by atoms with van der Waals surface area (Å²) in [6, 6.07) is 0. The highest BCUT2D eigenvalue weighted by molar-refractivity contribution is 5.88. The first kappa shape index (κ1) is 8.77. The lowest BCUT2D eigenvalue weighted by Crippen LogP contribution is -2.39. The Kier molecular flexibility index (Phi) is 1.92. The van der Waals surface area contributed by atoms with Gasteiger partial charge in [-0.1, -0.05) is 11.1 Å². The van der Waals surface area contributed by atoms with E-state index in [-0.39, 0.29) is 0 Å². The van der Waals surface area contributed by atoms with Crippen LogP contribution in [0.1, 0.15) is 13.8 Å². The van der Waals surface area contributed by atoms with Crippen molar-refractivity contribution in [3.63, 3.8) is 0 Å². The van der Waals surface area contributed by atoms with E-state index < -0.39 is 23.8 Å². The summed E-state index contributed by atoms with van der Waals surface area (Å²) in [4.78, 5) is 21.1. The molecule has 1 aliphatic rings. The molecule has 0 fully saturated rings. The van der Waals surface area contributed by atoms with Gasteiger partial charge in [-0.2, -0.15) is 0 Å². The third kappa shape index (κ3) is 0.995. The van der Waals surface area contributed by atoms with Gasteiger partial charge in [0.2, 0.25) is 0 Å². The van der Waals surface area contributed by atoms with Gasteiger partial charge in [0.15, 0.2) is 0 Å². The van der Waals surface area contributed by atoms with Crippen LogP contribution in [-0.4, -0.2) is 22.2 Å². The minimum atomic E-state index is -1.05. The summed E-state index contributed by atoms with van der Waals surface area (Å²) in [5, 5.41) is 17.3. The second kappa shape index (κ2) is 2.62. The van der Waals surface area contributed by atoms with Crippen molar-refractivity contribution in [2.75, 3.05) is 0 Å². The Morgan fingerprint density at radius 3 is 1.42 bits per heavy atom. The van der Waals surface area contributed by atoms with E-state index in [0.717, 1.165) is 0 Å². The predicted octanol–water partition coefficient (Wildman–Crippen LogP) is 0.738. The highest BCUT2D eigenvalue weighted by Gasteiger charge is 2.45. The van der Waals surface area contributed by atoms with E-state index in [1.54, 1.807) is 13.8 Å². The van der Waals surface area contributed by atoms with Gasteiger partial charge >= 0.3 is 11.9 Å². The van der Waals surface area contributed by atoms with Gasteiger partial charge in [0.25, 0.3) is 0 Å². The van der Waals surface area contributed by atoms with Crippen molar-refractivity contribution in [2.45, 2.75) is 13.8 Å². The zero-order valence-electron chi connectivity index (χ0n) is 6.87. The smallest absolute Gasteiger partial charge is 0.311 e. The van der Waals surface area contributed by atoms with Crippen LogP contribution in [0.4, 0.5) is 0 Å². The molecular formula is C8H10O4. The fourth-order valence-electron chi connectivity index (χ4n) is 1.55. The molecule has 2 N–H and O–H groups in total. The Morgan fingerprint density at radius 1 is 1.00 bits per heavy atom. The third-order valence-corrected chi connectivity index (χ3v) is 2.42. The topological polar surface area (TPSA) is 74.6 Å². The fourth-order valence-corrected chi connectivity index (χ4v) is 1.55. The van der Waals surface area contributed by atoms with E-state index in [9.17, 15) is 9.59 Å². The van der Waals surface area contributed by atoms with Crippen molar-refractivity contribution in [3.05, 3.63) is 11.1 Å². The Labute approximate surface area is 69.5 Å². The first-order valence-corrected chi connectivity index (χ1v) is 3.59. The van der Waals surface area contributed by atoms with Gasteiger partial charge in [0.05, 0.1) is 11.8 Å². The maximum atomic E-state index is 10.6. The minimum absolute atomic E-state index is 0.676. The molecule has 0 radical (unpaired) electrons. The van der Waals surface area contributed by atoms with Crippen molar-refractivity contribution in [3.8, 4) is 0 Å². The molecule has 0 aromatic heterocycles. The van der Waals surface area contributed by atoms with Gasteiger partial charge in [0, 0.05) is 0 Å². The second-order valence-corrected chi connectivity index (χ2v) is 3.00. The summed E-state index contributed by atoms with van der Waals surface area (Å²) < 4.78 is 0. The first-order chi connectivity index (χ1) is 5.46. The van der Waals surface area contributed by atoms with E-state index in [1.165, 1.54) is 0 Å². The van der Waals surface area contributed by atoms with E-state index in [2.05, 4.69) is 0 Å². The van der Waals surface area contributed by atoms with Gasteiger partial charge in [-0.05, 0) is 13.8 Å². The number of carboxylic acids is 2. The van der Waals surface area contributed by atoms with Crippen molar-refractivity contribution >= 4 is 11.9 Å². The van der Waals surface area contributed by atoms with Crippen LogP contribution in [0.5, 0.6) is 0 Å². The quantitative estimate of drug-likeness (QED) is 0.599. The summed E-state index contributed by atoms with van der Waals surface area (Å²) in [6.45, 7) is 3.32. The van der Waals surface area contributed by atoms with Crippen molar-refractivity contribution < 1.29 is 19.8 Å². The average Bonchev–Trinajstić information content (AvgIpc) is 1.96. The Bertz CT molecular complexity index is 249. The van der Waals surface area contributed by atoms with Crippen LogP contribution in [-0.2, 0) is 9.59 Å². The van der Waals surface area contributed by atoms with Crippen LogP contribution in [0.2, 0.25) is 0 Å². The zero-order valence-corrected chi connectivity index (χ0v) is 6.87. The van der Waals surface area contributed by atoms with Gasteiger partial charge in [-0.25, -0.2) is 0 Å². The monoisotopic (exact) mass is 170 g/mol. The molecule has 0 heterocycles. The summed E-state index contributed by atoms with van der Waals surface area (Å²) >= 11 is 0. The molecule has 0 aromatic rings. The summed E-state index contributed by atoms with van der Waals surface area (Å²) in [5.74, 6) is -3.74. The largest absolute Gasteiger partial charge is 0.481 e. The van der Waals surface area contributed by atoms with Crippen molar-refractivity contribution in [2.24, 2.45) is 11.8 Å². The third-order valence-electron chi connectivity index (χ3n) is 2.42. The molecule has 0 unspecified atom stereocenters. The van der Waals surface area contributed by atoms with Gasteiger partial charge in [-0.3, -0.25) is 9.59 Å². The Hall–Kier alpha value is -1.32. The van der Waals surface area contributed by atoms with E-state index >= 15 is 0 Å². The molecule has 12 heavy (non-hydrogen) atoms. The summed E-state index contributed by atoms with van der Waals surface area (Å²) in [5.41, 5.74) is 1.35. The molecule has 1 rings (SSSR count). The first-order valence-electron chi connectivity index (χ1n) is 3.59. The second-order valence-electron chi connectivity index (χ2n) is 3.00. The van der Waals surface area contributed by atoms with Crippen LogP contribution >= 0.6 is 0 Å². The number of hydrogen-bond acceptors (Lipinski definition) is 2. The molecule has 4 heteroatoms. The van der Waals surface area contributed by atoms with Crippen LogP contribution in [0.3, 0.4) is 0 Å². The molecule has 0 saturated heterocycles. The van der Waals surface area contributed by atoms with Gasteiger partial charge in [0.1, 0.15) is 0 Å². The van der Waals surface area contributed by atoms with Gasteiger partial charge in [-0.15, -0.1) is 0 Å². The number of hydrogen-bond donors (Lipinski definition) is 2. The molecular weight excluding hydrogens is 160 g/mol. The lowest BCUT2D eigenvalue weighted by atomic mass is 9.69. The molecule has 2 atom stereocenters. The maximum Gasteiger partial charge on any atom is 0.311 e. The SMILES string of the molecule is CC1=C(C)[C@@H](C(=O)O)[C@@H]1C(=O)O. The zero-order chi connectivity index (χ0) is 9.46. The molecule has 66 valence electrons. The van der Waals surface area contributed by atoms with E-state index in [0.29, 0.717) is 11.1 Å². The highest BCUT2D eigenvalue weighted by Crippen LogP contribution is 2.40. The molecule has 0 bridgehead atoms. The number of aliphatic carboxylic acids is 2. The van der Waals surface area contributed by atoms with Crippen LogP contribution < -0.4 is 0 Å². The van der Waals surface area contributed by atoms with Crippen LogP contribution in [0, 0.1) is 11.8 Å². The van der Waals surface area contributed by atoms with Crippen LogP contribution in [0.15, 0.2) is 11.1 Å². The fraction of sp³-hybridized carbons (Fsp3) is 0.500. The minimum Gasteiger partial charge on any atom is -0.481 e. The van der Waals surface area contributed by atoms with Gasteiger partial charge < -0.3 is 10.2 Å². The van der Waals surface area contributed by atoms with Crippen molar-refractivity contribution in [1.82, 2.24) is 0 Å². The lowest BCUT2D eigenvalue weighted by molar-refractivity contribution is -0.152. The molecule has 4 nitrogen and oxygen atoms in total. The van der Waals surface area contributed by atoms with Crippen LogP contribution in [0.25, 0.3) is 0 Å². The molecule has 0 aromatic carbocycles. The highest BCUT2D eigenvalue weighted by atomic mass is 16.4. The molecule has 0 aliphatic heterocycles. The molecule has 0 spiro atoms. The van der Waals surface area contributed by atoms with E-state index in [1.807, 2.05) is 0 Å². The Balaban J connectivity index is 2.94. The average molecular weight is 170 g/mol. The summed E-state index contributed by atoms with van der Waals surface area (Å²) in [7, 11) is 0. The van der Waals surface area contributed by atoms with E-state index in [4.69, 9.17) is 10.2 Å². The van der Waals surface area contributed by atoms with Crippen molar-refractivity contribution in [1.29, 1.82) is 0 Å². The number of carbonyl (C=O) groups is 2. The molecule has 1 aliphatic carbocycles.